The summed E-state index contributed by atoms with van der Waals surface area (Å²) in [5.74, 6) is 1.18. The Labute approximate surface area is 87.4 Å². The number of hydrogen-bond donors (Lipinski definition) is 2. The molecule has 0 spiro atoms. The van der Waals surface area contributed by atoms with E-state index in [0.717, 1.165) is 12.2 Å². The van der Waals surface area contributed by atoms with Crippen molar-refractivity contribution >= 4 is 36.1 Å². The first-order valence-electron chi connectivity index (χ1n) is 4.17. The molecule has 2 unspecified atom stereocenters. The van der Waals surface area contributed by atoms with Crippen LogP contribution < -0.4 is 5.32 Å². The topological polar surface area (TPSA) is 46.2 Å². The van der Waals surface area contributed by atoms with E-state index in [1.807, 2.05) is 0 Å². The second kappa shape index (κ2) is 4.91. The Morgan fingerprint density at radius 2 is 2.31 bits per heavy atom. The van der Waals surface area contributed by atoms with Crippen molar-refractivity contribution in [3.63, 3.8) is 0 Å². The van der Waals surface area contributed by atoms with Gasteiger partial charge in [0.2, 0.25) is 5.91 Å². The van der Waals surface area contributed by atoms with Crippen LogP contribution in [0.25, 0.3) is 0 Å². The van der Waals surface area contributed by atoms with Crippen molar-refractivity contribution in [3.8, 4) is 0 Å². The fourth-order valence-electron chi connectivity index (χ4n) is 1.35. The van der Waals surface area contributed by atoms with Gasteiger partial charge >= 0.3 is 0 Å². The van der Waals surface area contributed by atoms with Gasteiger partial charge in [0.1, 0.15) is 5.78 Å². The third-order valence-electron chi connectivity index (χ3n) is 2.06. The average molecular weight is 219 g/mol. The molecule has 0 aliphatic carbocycles. The van der Waals surface area contributed by atoms with Crippen molar-refractivity contribution in [1.29, 1.82) is 0 Å². The predicted octanol–water partition coefficient (Wildman–Crippen LogP) is 0.701. The largest absolute Gasteiger partial charge is 0.343 e. The average Bonchev–Trinajstić information content (AvgIpc) is 2.52. The molecule has 13 heavy (non-hydrogen) atoms. The summed E-state index contributed by atoms with van der Waals surface area (Å²) >= 11 is 5.50. The Morgan fingerprint density at radius 1 is 1.62 bits per heavy atom. The zero-order chi connectivity index (χ0) is 9.84. The van der Waals surface area contributed by atoms with Crippen LogP contribution in [0.4, 0.5) is 0 Å². The van der Waals surface area contributed by atoms with Crippen LogP contribution in [0.1, 0.15) is 13.3 Å². The van der Waals surface area contributed by atoms with Crippen LogP contribution in [0.2, 0.25) is 0 Å². The number of Topliss-reactive ketones (excluding diaryl/α,β-unsaturated/α-hetero) is 1. The second-order valence-corrected chi connectivity index (χ2v) is 4.59. The fraction of sp³-hybridized carbons (Fsp3) is 0.750. The molecule has 0 aromatic heterocycles. The first-order valence-corrected chi connectivity index (χ1v) is 5.85. The molecule has 3 nitrogen and oxygen atoms in total. The summed E-state index contributed by atoms with van der Waals surface area (Å²) in [5.41, 5.74) is 0. The predicted molar refractivity (Wildman–Crippen MR) is 57.0 cm³/mol. The third-order valence-corrected chi connectivity index (χ3v) is 3.62. The Balaban J connectivity index is 2.48. The number of ketones is 1. The Bertz CT molecular complexity index is 220. The third kappa shape index (κ3) is 2.91. The molecule has 0 aromatic rings. The zero-order valence-electron chi connectivity index (χ0n) is 7.45. The van der Waals surface area contributed by atoms with E-state index in [9.17, 15) is 9.59 Å². The molecule has 0 aromatic carbocycles. The van der Waals surface area contributed by atoms with E-state index in [4.69, 9.17) is 0 Å². The highest BCUT2D eigenvalue weighted by Crippen LogP contribution is 2.30. The van der Waals surface area contributed by atoms with Gasteiger partial charge in [-0.2, -0.15) is 12.6 Å². The van der Waals surface area contributed by atoms with Gasteiger partial charge < -0.3 is 5.32 Å². The molecule has 1 fully saturated rings. The van der Waals surface area contributed by atoms with Crippen molar-refractivity contribution in [1.82, 2.24) is 5.32 Å². The number of nitrogens with one attached hydrogen (secondary N) is 1. The molecule has 74 valence electrons. The maximum Gasteiger partial charge on any atom is 0.230 e. The molecule has 0 radical (unpaired) electrons. The molecular weight excluding hydrogens is 206 g/mol. The highest BCUT2D eigenvalue weighted by molar-refractivity contribution is 8.00. The normalized spacial score (nSPS) is 27.2. The van der Waals surface area contributed by atoms with E-state index < -0.39 is 0 Å². The maximum absolute atomic E-state index is 11.1. The van der Waals surface area contributed by atoms with Crippen molar-refractivity contribution in [2.24, 2.45) is 5.92 Å². The van der Waals surface area contributed by atoms with Gasteiger partial charge in [-0.3, -0.25) is 9.59 Å². The van der Waals surface area contributed by atoms with Crippen LogP contribution in [-0.4, -0.2) is 28.6 Å². The smallest absolute Gasteiger partial charge is 0.230 e. The van der Waals surface area contributed by atoms with Gasteiger partial charge in [-0.25, -0.2) is 0 Å². The summed E-state index contributed by atoms with van der Waals surface area (Å²) < 4.78 is 0. The van der Waals surface area contributed by atoms with E-state index in [2.05, 4.69) is 17.9 Å². The molecule has 1 aliphatic heterocycles. The minimum absolute atomic E-state index is 0.00571. The van der Waals surface area contributed by atoms with E-state index in [0.29, 0.717) is 0 Å². The number of thiol groups is 1. The summed E-state index contributed by atoms with van der Waals surface area (Å²) in [6.45, 7) is 1.58. The van der Waals surface area contributed by atoms with Gasteiger partial charge in [0, 0.05) is 5.92 Å². The van der Waals surface area contributed by atoms with Crippen molar-refractivity contribution in [3.05, 3.63) is 0 Å². The zero-order valence-corrected chi connectivity index (χ0v) is 9.16. The first-order chi connectivity index (χ1) is 6.15. The lowest BCUT2D eigenvalue weighted by atomic mass is 10.0. The highest BCUT2D eigenvalue weighted by Gasteiger charge is 2.31. The SMILES string of the molecule is CC(=O)C1CCSC1NC(=O)CS. The summed E-state index contributed by atoms with van der Waals surface area (Å²) in [6.07, 6.45) is 0.873. The van der Waals surface area contributed by atoms with E-state index in [1.165, 1.54) is 0 Å². The monoisotopic (exact) mass is 219 g/mol. The number of rotatable bonds is 3. The van der Waals surface area contributed by atoms with Gasteiger partial charge in [0.05, 0.1) is 11.1 Å². The van der Waals surface area contributed by atoms with Crippen molar-refractivity contribution < 1.29 is 9.59 Å². The van der Waals surface area contributed by atoms with Gasteiger partial charge in [-0.1, -0.05) is 0 Å². The number of carbonyl (C=O) groups excluding carboxylic acids is 2. The molecule has 1 rings (SSSR count). The van der Waals surface area contributed by atoms with E-state index in [1.54, 1.807) is 18.7 Å². The molecule has 1 saturated heterocycles. The summed E-state index contributed by atoms with van der Waals surface area (Å²) in [7, 11) is 0. The van der Waals surface area contributed by atoms with Crippen molar-refractivity contribution in [2.75, 3.05) is 11.5 Å². The number of thioether (sulfide) groups is 1. The molecule has 1 aliphatic rings. The van der Waals surface area contributed by atoms with Gasteiger partial charge in [-0.05, 0) is 19.1 Å². The first kappa shape index (κ1) is 10.9. The van der Waals surface area contributed by atoms with Gasteiger partial charge in [0.15, 0.2) is 0 Å². The summed E-state index contributed by atoms with van der Waals surface area (Å²) in [5, 5.41) is 2.76. The number of amides is 1. The molecular formula is C8H13NO2S2. The van der Waals surface area contributed by atoms with Crippen molar-refractivity contribution in [2.45, 2.75) is 18.7 Å². The molecule has 1 N–H and O–H groups in total. The minimum Gasteiger partial charge on any atom is -0.343 e. The van der Waals surface area contributed by atoms with Crippen LogP contribution in [0.5, 0.6) is 0 Å². The lowest BCUT2D eigenvalue weighted by Gasteiger charge is -2.16. The summed E-state index contributed by atoms with van der Waals surface area (Å²) in [4.78, 5) is 22.2. The quantitative estimate of drug-likeness (QED) is 0.687. The minimum atomic E-state index is -0.103. The fourth-order valence-corrected chi connectivity index (χ4v) is 2.86. The lowest BCUT2D eigenvalue weighted by molar-refractivity contribution is -0.122. The summed E-state index contributed by atoms with van der Waals surface area (Å²) in [6, 6.07) is 0. The van der Waals surface area contributed by atoms with Crippen LogP contribution in [0, 0.1) is 5.92 Å². The lowest BCUT2D eigenvalue weighted by Crippen LogP contribution is -2.38. The van der Waals surface area contributed by atoms with Gasteiger partial charge in [0.25, 0.3) is 0 Å². The molecule has 5 heteroatoms. The van der Waals surface area contributed by atoms with Crippen LogP contribution in [0.15, 0.2) is 0 Å². The number of carbonyl (C=O) groups is 2. The Kier molecular flexibility index (Phi) is 4.12. The molecule has 0 saturated carbocycles. The van der Waals surface area contributed by atoms with Crippen LogP contribution >= 0.6 is 24.4 Å². The maximum atomic E-state index is 11.1. The molecule has 1 amide bonds. The Morgan fingerprint density at radius 3 is 2.85 bits per heavy atom. The molecule has 1 heterocycles. The van der Waals surface area contributed by atoms with Gasteiger partial charge in [-0.15, -0.1) is 11.8 Å². The number of hydrogen-bond acceptors (Lipinski definition) is 4. The highest BCUT2D eigenvalue weighted by atomic mass is 32.2. The van der Waals surface area contributed by atoms with E-state index in [-0.39, 0.29) is 28.7 Å². The van der Waals surface area contributed by atoms with E-state index >= 15 is 0 Å². The van der Waals surface area contributed by atoms with Crippen LogP contribution in [0.3, 0.4) is 0 Å². The Hall–Kier alpha value is -0.160. The molecule has 2 atom stereocenters. The molecule has 0 bridgehead atoms. The standard InChI is InChI=1S/C8H13NO2S2/c1-5(10)6-2-3-13-8(6)9-7(11)4-12/h6,8,12H,2-4H2,1H3,(H,9,11). The second-order valence-electron chi connectivity index (χ2n) is 3.02. The van der Waals surface area contributed by atoms with Crippen LogP contribution in [-0.2, 0) is 9.59 Å².